The van der Waals surface area contributed by atoms with E-state index in [-0.39, 0.29) is 52.8 Å². The highest BCUT2D eigenvalue weighted by molar-refractivity contribution is 6.04. The Bertz CT molecular complexity index is 1500. The molecule has 0 unspecified atom stereocenters. The molecule has 1 amide bonds. The van der Waals surface area contributed by atoms with Crippen molar-refractivity contribution in [1.82, 2.24) is 4.98 Å². The van der Waals surface area contributed by atoms with E-state index in [1.165, 1.54) is 48.5 Å². The fourth-order valence-corrected chi connectivity index (χ4v) is 3.57. The Kier molecular flexibility index (Phi) is 8.35. The van der Waals surface area contributed by atoms with Crippen LogP contribution in [0.3, 0.4) is 0 Å². The topological polar surface area (TPSA) is 172 Å². The largest absolute Gasteiger partial charge is 0.489 e. The lowest BCUT2D eigenvalue weighted by atomic mass is 10.1. The SMILES string of the molecule is O=C(O)c1ccc(NC(=O)c2cc(OCc3cccc(C(=O)O)c3)cc(OCc3cccc(C(=O)O)c3)c2)nc1. The molecule has 0 spiro atoms. The van der Waals surface area contributed by atoms with Gasteiger partial charge in [0.2, 0.25) is 0 Å². The van der Waals surface area contributed by atoms with Crippen LogP contribution < -0.4 is 14.8 Å². The summed E-state index contributed by atoms with van der Waals surface area (Å²) in [6, 6.07) is 19.5. The molecular weight excluding hydrogens is 520 g/mol. The van der Waals surface area contributed by atoms with Gasteiger partial charge in [0.05, 0.1) is 16.7 Å². The number of nitrogens with one attached hydrogen (secondary N) is 1. The number of hydrogen-bond acceptors (Lipinski definition) is 7. The van der Waals surface area contributed by atoms with E-state index in [0.29, 0.717) is 11.1 Å². The maximum atomic E-state index is 13.0. The van der Waals surface area contributed by atoms with Gasteiger partial charge in [0.15, 0.2) is 0 Å². The normalized spacial score (nSPS) is 10.4. The number of pyridine rings is 1. The van der Waals surface area contributed by atoms with Crippen LogP contribution in [-0.2, 0) is 13.2 Å². The summed E-state index contributed by atoms with van der Waals surface area (Å²) in [4.78, 5) is 50.5. The molecule has 40 heavy (non-hydrogen) atoms. The van der Waals surface area contributed by atoms with E-state index in [0.717, 1.165) is 6.20 Å². The number of carboxylic acids is 3. The summed E-state index contributed by atoms with van der Waals surface area (Å²) < 4.78 is 11.7. The van der Waals surface area contributed by atoms with Gasteiger partial charge in [-0.3, -0.25) is 4.79 Å². The van der Waals surface area contributed by atoms with Crippen molar-refractivity contribution in [3.8, 4) is 11.5 Å². The van der Waals surface area contributed by atoms with Gasteiger partial charge < -0.3 is 30.1 Å². The monoisotopic (exact) mass is 542 g/mol. The second-order valence-corrected chi connectivity index (χ2v) is 8.47. The predicted molar refractivity (Wildman–Crippen MR) is 141 cm³/mol. The average molecular weight is 543 g/mol. The summed E-state index contributed by atoms with van der Waals surface area (Å²) in [7, 11) is 0. The van der Waals surface area contributed by atoms with Crippen LogP contribution in [0.5, 0.6) is 11.5 Å². The molecule has 4 N–H and O–H groups in total. The summed E-state index contributed by atoms with van der Waals surface area (Å²) in [5.74, 6) is -3.26. The van der Waals surface area contributed by atoms with Crippen molar-refractivity contribution >= 4 is 29.6 Å². The Labute approximate surface area is 227 Å². The van der Waals surface area contributed by atoms with Gasteiger partial charge in [-0.05, 0) is 59.7 Å². The molecule has 0 aliphatic rings. The van der Waals surface area contributed by atoms with Gasteiger partial charge in [-0.25, -0.2) is 19.4 Å². The number of carbonyl (C=O) groups excluding carboxylic acids is 1. The number of anilines is 1. The Hall–Kier alpha value is -5.71. The summed E-state index contributed by atoms with van der Waals surface area (Å²) in [5.41, 5.74) is 1.47. The van der Waals surface area contributed by atoms with E-state index in [1.807, 2.05) is 0 Å². The molecule has 1 heterocycles. The summed E-state index contributed by atoms with van der Waals surface area (Å²) in [5, 5.41) is 30.1. The smallest absolute Gasteiger partial charge is 0.337 e. The summed E-state index contributed by atoms with van der Waals surface area (Å²) in [6.45, 7) is 0.00892. The third kappa shape index (κ3) is 7.19. The number of benzene rings is 3. The molecule has 4 rings (SSSR count). The molecule has 0 aliphatic carbocycles. The molecule has 0 fully saturated rings. The van der Waals surface area contributed by atoms with Crippen LogP contribution in [0.25, 0.3) is 0 Å². The molecule has 0 saturated carbocycles. The van der Waals surface area contributed by atoms with Crippen molar-refractivity contribution < 1.29 is 44.0 Å². The Morgan fingerprint density at radius 2 is 1.15 bits per heavy atom. The number of aromatic carboxylic acids is 3. The number of carboxylic acid groups (broad SMARTS) is 3. The molecule has 0 aliphatic heterocycles. The minimum absolute atomic E-state index is 0.00446. The number of ether oxygens (including phenoxy) is 2. The zero-order chi connectivity index (χ0) is 28.6. The Morgan fingerprint density at radius 3 is 1.60 bits per heavy atom. The number of hydrogen-bond donors (Lipinski definition) is 4. The maximum Gasteiger partial charge on any atom is 0.337 e. The van der Waals surface area contributed by atoms with Crippen LogP contribution in [0.15, 0.2) is 85.1 Å². The molecule has 11 nitrogen and oxygen atoms in total. The Balaban J connectivity index is 1.56. The highest BCUT2D eigenvalue weighted by Crippen LogP contribution is 2.26. The lowest BCUT2D eigenvalue weighted by Crippen LogP contribution is -2.14. The van der Waals surface area contributed by atoms with Crippen LogP contribution in [0, 0.1) is 0 Å². The third-order valence-electron chi connectivity index (χ3n) is 5.55. The van der Waals surface area contributed by atoms with Crippen LogP contribution in [-0.4, -0.2) is 44.1 Å². The van der Waals surface area contributed by atoms with Crippen molar-refractivity contribution in [2.45, 2.75) is 13.2 Å². The number of aromatic nitrogens is 1. The first-order valence-electron chi connectivity index (χ1n) is 11.7. The lowest BCUT2D eigenvalue weighted by Gasteiger charge is -2.13. The highest BCUT2D eigenvalue weighted by Gasteiger charge is 2.14. The molecule has 11 heteroatoms. The molecule has 0 atom stereocenters. The minimum atomic E-state index is -1.15. The van der Waals surface area contributed by atoms with Crippen molar-refractivity contribution in [2.75, 3.05) is 5.32 Å². The zero-order valence-corrected chi connectivity index (χ0v) is 20.7. The maximum absolute atomic E-state index is 13.0. The molecule has 0 radical (unpaired) electrons. The molecule has 1 aromatic heterocycles. The third-order valence-corrected chi connectivity index (χ3v) is 5.55. The number of rotatable bonds is 11. The van der Waals surface area contributed by atoms with Gasteiger partial charge in [-0.15, -0.1) is 0 Å². The van der Waals surface area contributed by atoms with Gasteiger partial charge in [-0.2, -0.15) is 0 Å². The minimum Gasteiger partial charge on any atom is -0.489 e. The van der Waals surface area contributed by atoms with Crippen LogP contribution >= 0.6 is 0 Å². The van der Waals surface area contributed by atoms with Crippen LogP contribution in [0.1, 0.15) is 52.6 Å². The average Bonchev–Trinajstić information content (AvgIpc) is 2.95. The first-order chi connectivity index (χ1) is 19.2. The van der Waals surface area contributed by atoms with E-state index in [2.05, 4.69) is 10.3 Å². The predicted octanol–water partition coefficient (Wildman–Crippen LogP) is 4.59. The van der Waals surface area contributed by atoms with E-state index in [1.54, 1.807) is 30.3 Å². The fraction of sp³-hybridized carbons (Fsp3) is 0.0690. The van der Waals surface area contributed by atoms with Crippen LogP contribution in [0.4, 0.5) is 5.82 Å². The van der Waals surface area contributed by atoms with Crippen molar-refractivity contribution in [3.05, 3.63) is 118 Å². The zero-order valence-electron chi connectivity index (χ0n) is 20.7. The lowest BCUT2D eigenvalue weighted by molar-refractivity contribution is 0.0685. The van der Waals surface area contributed by atoms with Gasteiger partial charge in [0.1, 0.15) is 30.5 Å². The molecule has 0 saturated heterocycles. The highest BCUT2D eigenvalue weighted by atomic mass is 16.5. The van der Waals surface area contributed by atoms with Crippen LogP contribution in [0.2, 0.25) is 0 Å². The molecule has 0 bridgehead atoms. The molecular formula is C29H22N2O9. The molecule has 4 aromatic rings. The fourth-order valence-electron chi connectivity index (χ4n) is 3.57. The van der Waals surface area contributed by atoms with Crippen molar-refractivity contribution in [1.29, 1.82) is 0 Å². The van der Waals surface area contributed by atoms with Gasteiger partial charge in [0, 0.05) is 17.8 Å². The number of amides is 1. The first-order valence-corrected chi connectivity index (χ1v) is 11.7. The van der Waals surface area contributed by atoms with Gasteiger partial charge in [-0.1, -0.05) is 24.3 Å². The van der Waals surface area contributed by atoms with Crippen molar-refractivity contribution in [2.24, 2.45) is 0 Å². The van der Waals surface area contributed by atoms with E-state index >= 15 is 0 Å². The second kappa shape index (κ2) is 12.2. The number of nitrogens with zero attached hydrogens (tertiary/aromatic N) is 1. The summed E-state index contributed by atoms with van der Waals surface area (Å²) >= 11 is 0. The number of carbonyl (C=O) groups is 4. The van der Waals surface area contributed by atoms with Gasteiger partial charge in [0.25, 0.3) is 5.91 Å². The quantitative estimate of drug-likeness (QED) is 0.210. The molecule has 3 aromatic carbocycles. The van der Waals surface area contributed by atoms with E-state index in [4.69, 9.17) is 14.6 Å². The van der Waals surface area contributed by atoms with E-state index < -0.39 is 23.8 Å². The Morgan fingerprint density at radius 1 is 0.625 bits per heavy atom. The van der Waals surface area contributed by atoms with Crippen molar-refractivity contribution in [3.63, 3.8) is 0 Å². The molecule has 202 valence electrons. The summed E-state index contributed by atoms with van der Waals surface area (Å²) in [6.07, 6.45) is 1.11. The van der Waals surface area contributed by atoms with E-state index in [9.17, 15) is 29.4 Å². The second-order valence-electron chi connectivity index (χ2n) is 8.47. The standard InChI is InChI=1S/C29H22N2O9/c32-26(31-25-8-7-21(14-30-25)29(37)38)22-11-23(39-15-17-3-1-5-19(9-17)27(33)34)13-24(12-22)40-16-18-4-2-6-20(10-18)28(35)36/h1-14H,15-16H2,(H,33,34)(H,35,36)(H,37,38)(H,30,31,32). The first kappa shape index (κ1) is 27.3. The van der Waals surface area contributed by atoms with Gasteiger partial charge >= 0.3 is 17.9 Å².